The molecular formula is C19H24N6O. The molecule has 0 amide bonds. The average Bonchev–Trinajstić information content (AvgIpc) is 3.36. The van der Waals surface area contributed by atoms with Gasteiger partial charge in [-0.2, -0.15) is 5.10 Å². The van der Waals surface area contributed by atoms with Crippen LogP contribution in [0.3, 0.4) is 0 Å². The summed E-state index contributed by atoms with van der Waals surface area (Å²) in [6, 6.07) is 0. The van der Waals surface area contributed by atoms with Gasteiger partial charge in [-0.3, -0.25) is 18.4 Å². The van der Waals surface area contributed by atoms with Crippen LogP contribution >= 0.6 is 0 Å². The zero-order chi connectivity index (χ0) is 18.5. The van der Waals surface area contributed by atoms with Crippen LogP contribution in [0.15, 0.2) is 34.6 Å². The summed E-state index contributed by atoms with van der Waals surface area (Å²) in [5, 5.41) is 4.52. The normalized spacial score (nSPS) is 14.1. The van der Waals surface area contributed by atoms with E-state index < -0.39 is 0 Å². The molecule has 136 valence electrons. The van der Waals surface area contributed by atoms with E-state index in [0.717, 1.165) is 29.7 Å². The number of rotatable bonds is 5. The Bertz CT molecular complexity index is 1070. The van der Waals surface area contributed by atoms with E-state index in [4.69, 9.17) is 4.99 Å². The molecule has 0 radical (unpaired) electrons. The molecule has 3 aromatic rings. The van der Waals surface area contributed by atoms with Crippen molar-refractivity contribution < 1.29 is 0 Å². The molecule has 1 aliphatic heterocycles. The Kier molecular flexibility index (Phi) is 3.82. The zero-order valence-electron chi connectivity index (χ0n) is 15.7. The second-order valence-electron chi connectivity index (χ2n) is 7.43. The van der Waals surface area contributed by atoms with Crippen LogP contribution in [0.5, 0.6) is 0 Å². The average molecular weight is 352 g/mol. The Morgan fingerprint density at radius 2 is 2.08 bits per heavy atom. The van der Waals surface area contributed by atoms with Crippen molar-refractivity contribution in [1.82, 2.24) is 23.7 Å². The SMILES string of the molecule is CCCn1c(=O)c2c(n3ccnc13)N=C(c1cnn(C(C)(C)CC)c1)C2. The fraction of sp³-hybridized carbons (Fsp3) is 0.474. The molecule has 0 spiro atoms. The van der Waals surface area contributed by atoms with E-state index in [1.54, 1.807) is 10.8 Å². The molecule has 1 aliphatic rings. The molecule has 0 N–H and O–H groups in total. The Labute approximate surface area is 152 Å². The molecule has 0 saturated carbocycles. The quantitative estimate of drug-likeness (QED) is 0.709. The van der Waals surface area contributed by atoms with Crippen LogP contribution in [0.25, 0.3) is 5.78 Å². The van der Waals surface area contributed by atoms with Crippen molar-refractivity contribution in [3.63, 3.8) is 0 Å². The predicted octanol–water partition coefficient (Wildman–Crippen LogP) is 2.92. The van der Waals surface area contributed by atoms with Gasteiger partial charge in [-0.15, -0.1) is 0 Å². The van der Waals surface area contributed by atoms with Crippen LogP contribution in [0.4, 0.5) is 5.82 Å². The number of hydrogen-bond donors (Lipinski definition) is 0. The summed E-state index contributed by atoms with van der Waals surface area (Å²) in [4.78, 5) is 22.1. The first-order valence-corrected chi connectivity index (χ1v) is 9.18. The Morgan fingerprint density at radius 1 is 1.27 bits per heavy atom. The van der Waals surface area contributed by atoms with Gasteiger partial charge in [-0.1, -0.05) is 13.8 Å². The van der Waals surface area contributed by atoms with Gasteiger partial charge >= 0.3 is 0 Å². The highest BCUT2D eigenvalue weighted by molar-refractivity contribution is 6.05. The van der Waals surface area contributed by atoms with Gasteiger partial charge in [0.05, 0.1) is 23.0 Å². The molecule has 0 fully saturated rings. The number of fused-ring (bicyclic) bond motifs is 3. The van der Waals surface area contributed by atoms with Crippen molar-refractivity contribution in [3.05, 3.63) is 46.3 Å². The van der Waals surface area contributed by atoms with Crippen molar-refractivity contribution in [2.75, 3.05) is 0 Å². The smallest absolute Gasteiger partial charge is 0.260 e. The summed E-state index contributed by atoms with van der Waals surface area (Å²) < 4.78 is 5.65. The number of hydrogen-bond acceptors (Lipinski definition) is 4. The van der Waals surface area contributed by atoms with Gasteiger partial charge in [0.2, 0.25) is 5.78 Å². The maximum absolute atomic E-state index is 13.0. The fourth-order valence-electron chi connectivity index (χ4n) is 3.32. The summed E-state index contributed by atoms with van der Waals surface area (Å²) in [5.41, 5.74) is 2.56. The van der Waals surface area contributed by atoms with Crippen molar-refractivity contribution >= 4 is 17.3 Å². The molecular weight excluding hydrogens is 328 g/mol. The van der Waals surface area contributed by atoms with Crippen LogP contribution in [0.1, 0.15) is 51.7 Å². The van der Waals surface area contributed by atoms with Crippen LogP contribution < -0.4 is 5.56 Å². The van der Waals surface area contributed by atoms with Crippen LogP contribution in [-0.4, -0.2) is 29.4 Å². The first kappa shape index (κ1) is 16.8. The van der Waals surface area contributed by atoms with Crippen molar-refractivity contribution in [2.45, 2.75) is 59.0 Å². The third-order valence-corrected chi connectivity index (χ3v) is 5.30. The van der Waals surface area contributed by atoms with Crippen LogP contribution in [0.2, 0.25) is 0 Å². The number of aliphatic imine (C=N–C) groups is 1. The Balaban J connectivity index is 1.80. The molecule has 3 aromatic heterocycles. The predicted molar refractivity (Wildman–Crippen MR) is 101 cm³/mol. The van der Waals surface area contributed by atoms with Crippen molar-refractivity contribution in [1.29, 1.82) is 0 Å². The highest BCUT2D eigenvalue weighted by atomic mass is 16.1. The zero-order valence-corrected chi connectivity index (χ0v) is 15.7. The minimum atomic E-state index is -0.0459. The first-order chi connectivity index (χ1) is 12.5. The molecule has 0 aromatic carbocycles. The lowest BCUT2D eigenvalue weighted by molar-refractivity contribution is 0.308. The van der Waals surface area contributed by atoms with Gasteiger partial charge in [0, 0.05) is 37.1 Å². The van der Waals surface area contributed by atoms with E-state index in [1.165, 1.54) is 0 Å². The lowest BCUT2D eigenvalue weighted by atomic mass is 10.0. The third-order valence-electron chi connectivity index (χ3n) is 5.30. The molecule has 0 aliphatic carbocycles. The molecule has 7 nitrogen and oxygen atoms in total. The number of aromatic nitrogens is 5. The molecule has 0 unspecified atom stereocenters. The van der Waals surface area contributed by atoms with E-state index in [9.17, 15) is 4.79 Å². The standard InChI is InChI=1S/C19H24N6O/c1-5-8-24-17(26)14-10-15(22-16(14)23-9-7-20-18(23)24)13-11-21-25(12-13)19(3,4)6-2/h7,9,11-12H,5-6,8,10H2,1-4H3. The third kappa shape index (κ3) is 2.41. The molecule has 0 saturated heterocycles. The van der Waals surface area contributed by atoms with Gasteiger partial charge in [-0.05, 0) is 26.7 Å². The Hall–Kier alpha value is -2.70. The summed E-state index contributed by atoms with van der Waals surface area (Å²) in [7, 11) is 0. The highest BCUT2D eigenvalue weighted by Gasteiger charge is 2.26. The van der Waals surface area contributed by atoms with E-state index in [2.05, 4.69) is 37.8 Å². The van der Waals surface area contributed by atoms with E-state index >= 15 is 0 Å². The summed E-state index contributed by atoms with van der Waals surface area (Å²) in [5.74, 6) is 1.36. The summed E-state index contributed by atoms with van der Waals surface area (Å²) >= 11 is 0. The highest BCUT2D eigenvalue weighted by Crippen LogP contribution is 2.28. The largest absolute Gasteiger partial charge is 0.278 e. The van der Waals surface area contributed by atoms with Crippen LogP contribution in [-0.2, 0) is 18.5 Å². The van der Waals surface area contributed by atoms with Crippen molar-refractivity contribution in [3.8, 4) is 0 Å². The molecule has 4 rings (SSSR count). The number of imidazole rings is 1. The van der Waals surface area contributed by atoms with Gasteiger partial charge < -0.3 is 0 Å². The first-order valence-electron chi connectivity index (χ1n) is 9.18. The van der Waals surface area contributed by atoms with E-state index in [-0.39, 0.29) is 11.1 Å². The molecule has 26 heavy (non-hydrogen) atoms. The Morgan fingerprint density at radius 3 is 2.81 bits per heavy atom. The minimum absolute atomic E-state index is 0.0144. The lowest BCUT2D eigenvalue weighted by Crippen LogP contribution is -2.26. The van der Waals surface area contributed by atoms with Gasteiger partial charge in [0.15, 0.2) is 0 Å². The fourth-order valence-corrected chi connectivity index (χ4v) is 3.32. The van der Waals surface area contributed by atoms with E-state index in [1.807, 2.05) is 27.7 Å². The maximum atomic E-state index is 13.0. The van der Waals surface area contributed by atoms with E-state index in [0.29, 0.717) is 24.6 Å². The van der Waals surface area contributed by atoms with Gasteiger partial charge in [0.1, 0.15) is 5.82 Å². The van der Waals surface area contributed by atoms with Gasteiger partial charge in [-0.25, -0.2) is 9.98 Å². The monoisotopic (exact) mass is 352 g/mol. The topological polar surface area (TPSA) is 69.5 Å². The minimum Gasteiger partial charge on any atom is -0.278 e. The number of aryl methyl sites for hydroxylation is 1. The summed E-state index contributed by atoms with van der Waals surface area (Å²) in [6.45, 7) is 9.19. The van der Waals surface area contributed by atoms with Crippen molar-refractivity contribution in [2.24, 2.45) is 4.99 Å². The molecule has 0 bridgehead atoms. The maximum Gasteiger partial charge on any atom is 0.260 e. The molecule has 7 heteroatoms. The summed E-state index contributed by atoms with van der Waals surface area (Å²) in [6.07, 6.45) is 9.87. The lowest BCUT2D eigenvalue weighted by Gasteiger charge is -2.23. The van der Waals surface area contributed by atoms with Gasteiger partial charge in [0.25, 0.3) is 5.56 Å². The second kappa shape index (κ2) is 5.93. The number of nitrogens with zero attached hydrogens (tertiary/aromatic N) is 6. The van der Waals surface area contributed by atoms with Crippen LogP contribution in [0, 0.1) is 0 Å². The molecule has 0 atom stereocenters. The second-order valence-corrected chi connectivity index (χ2v) is 7.43. The molecule has 4 heterocycles.